The molecule has 234 valence electrons. The first kappa shape index (κ1) is 41.8. The molecule has 0 rings (SSSR count). The first-order valence-electron chi connectivity index (χ1n) is 15.3. The lowest BCUT2D eigenvalue weighted by Crippen LogP contribution is -2.58. The van der Waals surface area contributed by atoms with Crippen molar-refractivity contribution < 1.29 is 45.9 Å². The molecule has 0 saturated heterocycles. The van der Waals surface area contributed by atoms with Crippen molar-refractivity contribution in [2.45, 2.75) is 167 Å². The highest BCUT2D eigenvalue weighted by molar-refractivity contribution is 6.03. The van der Waals surface area contributed by atoms with Crippen molar-refractivity contribution in [2.24, 2.45) is 0 Å². The van der Waals surface area contributed by atoms with Crippen molar-refractivity contribution in [3.05, 3.63) is 0 Å². The fourth-order valence-corrected chi connectivity index (χ4v) is 3.93. The molecule has 7 N–H and O–H groups in total. The van der Waals surface area contributed by atoms with E-state index >= 15 is 0 Å². The molecule has 0 aromatic heterocycles. The van der Waals surface area contributed by atoms with Gasteiger partial charge in [-0.05, 0) is 39.5 Å². The maximum atomic E-state index is 10.4. The van der Waals surface area contributed by atoms with Gasteiger partial charge in [-0.25, -0.2) is 4.79 Å². The number of carboxylic acids is 3. The maximum Gasteiger partial charge on any atom is 0.342 e. The number of ether oxygens (including phenoxy) is 1. The Bertz CT molecular complexity index is 546. The average molecular weight is 563 g/mol. The van der Waals surface area contributed by atoms with Crippen molar-refractivity contribution >= 4 is 17.9 Å². The van der Waals surface area contributed by atoms with Crippen LogP contribution in [0.4, 0.5) is 0 Å². The lowest BCUT2D eigenvalue weighted by molar-refractivity contribution is -0.416. The quantitative estimate of drug-likeness (QED) is 0.126. The standard InChI is InChI=1S/2C12H27N.C6H8O7/c2*1-3-4-5-6-7-8-9-10-11-12(2)13;1-13-6(4(9)10,5(11)12)2-3(7)8/h2*12H,3-11,13H2,1-2H3;2H2,1H3,(H,7,8)(H,9,10)(H,11,12). The molecule has 0 saturated carbocycles. The van der Waals surface area contributed by atoms with E-state index in [0.29, 0.717) is 12.1 Å². The zero-order valence-corrected chi connectivity index (χ0v) is 25.9. The molecule has 0 amide bonds. The number of rotatable bonds is 23. The molecular weight excluding hydrogens is 500 g/mol. The molecule has 0 spiro atoms. The molecule has 0 bridgehead atoms. The molecule has 0 heterocycles. The minimum atomic E-state index is -2.88. The van der Waals surface area contributed by atoms with Crippen molar-refractivity contribution in [3.8, 4) is 0 Å². The third kappa shape index (κ3) is 29.1. The third-order valence-electron chi connectivity index (χ3n) is 6.52. The van der Waals surface area contributed by atoms with Crippen LogP contribution in [-0.4, -0.2) is 47.8 Å². The summed E-state index contributed by atoms with van der Waals surface area (Å²) in [6, 6.07) is 1.31. The van der Waals surface area contributed by atoms with Crippen LogP contribution in [0.25, 0.3) is 0 Å². The number of hydrogen-bond acceptors (Lipinski definition) is 6. The Morgan fingerprint density at radius 3 is 1.18 bits per heavy atom. The number of hydrogen-bond donors (Lipinski definition) is 3. The van der Waals surface area contributed by atoms with Crippen molar-refractivity contribution in [1.82, 2.24) is 0 Å². The van der Waals surface area contributed by atoms with Crippen LogP contribution < -0.4 is 21.7 Å². The van der Waals surface area contributed by atoms with Crippen LogP contribution in [0.5, 0.6) is 0 Å². The van der Waals surface area contributed by atoms with E-state index in [1.807, 2.05) is 0 Å². The van der Waals surface area contributed by atoms with E-state index in [2.05, 4.69) is 43.9 Å². The summed E-state index contributed by atoms with van der Waals surface area (Å²) in [6.07, 6.45) is 24.1. The van der Waals surface area contributed by atoms with Gasteiger partial charge in [-0.2, -0.15) is 0 Å². The third-order valence-corrected chi connectivity index (χ3v) is 6.52. The maximum absolute atomic E-state index is 10.4. The zero-order valence-electron chi connectivity index (χ0n) is 25.9. The van der Waals surface area contributed by atoms with E-state index in [4.69, 9.17) is 5.11 Å². The lowest BCUT2D eigenvalue weighted by atomic mass is 10.0. The molecule has 0 fully saturated rings. The summed E-state index contributed by atoms with van der Waals surface area (Å²) in [7, 11) is 0.757. The second kappa shape index (κ2) is 29.3. The fraction of sp³-hybridized carbons (Fsp3) is 0.900. The Labute approximate surface area is 238 Å². The van der Waals surface area contributed by atoms with E-state index < -0.39 is 29.9 Å². The van der Waals surface area contributed by atoms with Crippen LogP contribution in [0.2, 0.25) is 0 Å². The van der Waals surface area contributed by atoms with E-state index in [1.165, 1.54) is 116 Å². The van der Waals surface area contributed by atoms with Gasteiger partial charge in [0.05, 0.1) is 18.1 Å². The summed E-state index contributed by atoms with van der Waals surface area (Å²) in [5.41, 5.74) is 5.12. The summed E-state index contributed by atoms with van der Waals surface area (Å²) >= 11 is 0. The second-order valence-corrected chi connectivity index (χ2v) is 10.9. The minimum Gasteiger partial charge on any atom is -0.550 e. The van der Waals surface area contributed by atoms with Crippen molar-refractivity contribution in [2.75, 3.05) is 7.11 Å². The number of carbonyl (C=O) groups excluding carboxylic acids is 2. The van der Waals surface area contributed by atoms with Crippen LogP contribution in [0.15, 0.2) is 0 Å². The highest BCUT2D eigenvalue weighted by atomic mass is 16.5. The smallest absolute Gasteiger partial charge is 0.342 e. The molecule has 3 atom stereocenters. The Morgan fingerprint density at radius 1 is 0.692 bits per heavy atom. The van der Waals surface area contributed by atoms with Gasteiger partial charge in [0.2, 0.25) is 5.60 Å². The zero-order chi connectivity index (χ0) is 30.5. The molecule has 0 aliphatic heterocycles. The summed E-state index contributed by atoms with van der Waals surface area (Å²) in [4.78, 5) is 30.8. The Kier molecular flexibility index (Phi) is 31.4. The molecule has 0 radical (unpaired) electrons. The summed E-state index contributed by atoms with van der Waals surface area (Å²) in [5, 5.41) is 28.8. The molecule has 9 heteroatoms. The minimum absolute atomic E-state index is 0.653. The molecular formula is C30H62N2O7. The average Bonchev–Trinajstić information content (AvgIpc) is 2.85. The first-order chi connectivity index (χ1) is 18.4. The Morgan fingerprint density at radius 2 is 1.00 bits per heavy atom. The van der Waals surface area contributed by atoms with Gasteiger partial charge >= 0.3 is 5.97 Å². The Balaban J connectivity index is -0.000000498. The van der Waals surface area contributed by atoms with Crippen molar-refractivity contribution in [1.29, 1.82) is 0 Å². The van der Waals surface area contributed by atoms with Crippen LogP contribution in [0, 0.1) is 0 Å². The van der Waals surface area contributed by atoms with E-state index in [1.54, 1.807) is 0 Å². The summed E-state index contributed by atoms with van der Waals surface area (Å²) in [6.45, 7) is 8.97. The molecule has 39 heavy (non-hydrogen) atoms. The molecule has 0 aromatic rings. The van der Waals surface area contributed by atoms with Gasteiger partial charge in [0.25, 0.3) is 0 Å². The number of unbranched alkanes of at least 4 members (excludes halogenated alkanes) is 14. The molecule has 0 aliphatic carbocycles. The topological polar surface area (TPSA) is 182 Å². The summed E-state index contributed by atoms with van der Waals surface area (Å²) < 4.78 is 4.09. The van der Waals surface area contributed by atoms with Gasteiger partial charge in [0, 0.05) is 19.5 Å². The van der Waals surface area contributed by atoms with Crippen LogP contribution in [-0.2, 0) is 19.1 Å². The molecule has 9 nitrogen and oxygen atoms in total. The van der Waals surface area contributed by atoms with E-state index in [-0.39, 0.29) is 0 Å². The van der Waals surface area contributed by atoms with Gasteiger partial charge in [-0.3, -0.25) is 0 Å². The normalized spacial score (nSPS) is 13.6. The van der Waals surface area contributed by atoms with Crippen molar-refractivity contribution in [3.63, 3.8) is 0 Å². The van der Waals surface area contributed by atoms with Gasteiger partial charge in [0.1, 0.15) is 0 Å². The van der Waals surface area contributed by atoms with Gasteiger partial charge in [0.15, 0.2) is 0 Å². The highest BCUT2D eigenvalue weighted by Gasteiger charge is 2.40. The van der Waals surface area contributed by atoms with Gasteiger partial charge in [-0.1, -0.05) is 104 Å². The molecule has 3 unspecified atom stereocenters. The largest absolute Gasteiger partial charge is 0.550 e. The van der Waals surface area contributed by atoms with Gasteiger partial charge in [-0.15, -0.1) is 0 Å². The number of carbonyl (C=O) groups is 3. The second-order valence-electron chi connectivity index (χ2n) is 10.9. The number of methoxy groups -OCH3 is 1. The van der Waals surface area contributed by atoms with Crippen LogP contribution in [0.3, 0.4) is 0 Å². The number of carboxylic acid groups (broad SMARTS) is 3. The fourth-order valence-electron chi connectivity index (χ4n) is 3.93. The number of aliphatic carboxylic acids is 3. The van der Waals surface area contributed by atoms with Crippen LogP contribution >= 0.6 is 0 Å². The molecule has 0 aliphatic rings. The SMILES string of the molecule is CCCCCCCCCCC(C)[NH3+].CCCCCCCCCCC(C)[NH3+].COC(CC(=O)[O-])(C(=O)[O-])C(=O)O. The predicted octanol–water partition coefficient (Wildman–Crippen LogP) is 2.64. The van der Waals surface area contributed by atoms with Gasteiger partial charge < -0.3 is 41.1 Å². The predicted molar refractivity (Wildman–Crippen MR) is 151 cm³/mol. The molecule has 0 aromatic carbocycles. The number of quaternary nitrogens is 2. The lowest BCUT2D eigenvalue weighted by Gasteiger charge is -2.28. The van der Waals surface area contributed by atoms with E-state index in [9.17, 15) is 24.6 Å². The van der Waals surface area contributed by atoms with E-state index in [0.717, 1.165) is 7.11 Å². The highest BCUT2D eigenvalue weighted by Crippen LogP contribution is 2.14. The van der Waals surface area contributed by atoms with Crippen LogP contribution in [0.1, 0.15) is 150 Å². The first-order valence-corrected chi connectivity index (χ1v) is 15.3. The summed E-state index contributed by atoms with van der Waals surface area (Å²) in [5.74, 6) is -5.93. The monoisotopic (exact) mass is 562 g/mol. The Hall–Kier alpha value is -1.71.